The first-order chi connectivity index (χ1) is 9.40. The van der Waals surface area contributed by atoms with E-state index in [0.29, 0.717) is 18.5 Å². The predicted molar refractivity (Wildman–Crippen MR) is 78.3 cm³/mol. The van der Waals surface area contributed by atoms with Crippen LogP contribution in [0.25, 0.3) is 0 Å². The largest absolute Gasteiger partial charge is 0.481 e. The van der Waals surface area contributed by atoms with Crippen LogP contribution in [-0.2, 0) is 11.2 Å². The Balaban J connectivity index is 2.57. The Labute approximate surface area is 120 Å². The van der Waals surface area contributed by atoms with Gasteiger partial charge in [-0.25, -0.2) is 4.39 Å². The summed E-state index contributed by atoms with van der Waals surface area (Å²) >= 11 is 0. The van der Waals surface area contributed by atoms with E-state index in [1.54, 1.807) is 0 Å². The highest BCUT2D eigenvalue weighted by atomic mass is 19.1. The Morgan fingerprint density at radius 3 is 2.35 bits per heavy atom. The smallest absolute Gasteiger partial charge is 0.303 e. The lowest BCUT2D eigenvalue weighted by Gasteiger charge is -2.32. The molecular weight excluding hydrogens is 257 g/mol. The third-order valence-electron chi connectivity index (χ3n) is 3.48. The molecule has 1 rings (SSSR count). The van der Waals surface area contributed by atoms with Gasteiger partial charge in [-0.1, -0.05) is 12.1 Å². The maximum absolute atomic E-state index is 12.9. The van der Waals surface area contributed by atoms with E-state index in [4.69, 9.17) is 5.11 Å². The molecular formula is C16H24FNO2. The average molecular weight is 281 g/mol. The molecule has 0 radical (unpaired) electrons. The van der Waals surface area contributed by atoms with Crippen molar-refractivity contribution in [3.8, 4) is 0 Å². The van der Waals surface area contributed by atoms with E-state index in [1.165, 1.54) is 12.1 Å². The standard InChI is InChI=1S/C16H24FNO2/c1-12(2)18(10-4-5-16(19)20)13(3)11-14-6-8-15(17)9-7-14/h6-9,12-13H,4-5,10-11H2,1-3H3,(H,19,20). The molecule has 1 unspecified atom stereocenters. The van der Waals surface area contributed by atoms with Crippen LogP contribution < -0.4 is 0 Å². The molecule has 1 aromatic carbocycles. The van der Waals surface area contributed by atoms with Gasteiger partial charge in [-0.2, -0.15) is 0 Å². The Morgan fingerprint density at radius 1 is 1.25 bits per heavy atom. The Hall–Kier alpha value is -1.42. The predicted octanol–water partition coefficient (Wildman–Crippen LogP) is 3.33. The van der Waals surface area contributed by atoms with Crippen molar-refractivity contribution in [2.24, 2.45) is 0 Å². The molecule has 0 spiro atoms. The van der Waals surface area contributed by atoms with Crippen molar-refractivity contribution in [2.45, 2.75) is 52.1 Å². The zero-order valence-corrected chi connectivity index (χ0v) is 12.5. The average Bonchev–Trinajstić information content (AvgIpc) is 2.36. The van der Waals surface area contributed by atoms with Gasteiger partial charge in [-0.3, -0.25) is 9.69 Å². The van der Waals surface area contributed by atoms with Gasteiger partial charge in [0, 0.05) is 18.5 Å². The normalized spacial score (nSPS) is 12.9. The molecule has 0 saturated heterocycles. The molecule has 0 heterocycles. The van der Waals surface area contributed by atoms with Gasteiger partial charge in [0.25, 0.3) is 0 Å². The summed E-state index contributed by atoms with van der Waals surface area (Å²) in [7, 11) is 0. The van der Waals surface area contributed by atoms with E-state index in [9.17, 15) is 9.18 Å². The summed E-state index contributed by atoms with van der Waals surface area (Å²) in [5.74, 6) is -0.969. The van der Waals surface area contributed by atoms with E-state index >= 15 is 0 Å². The van der Waals surface area contributed by atoms with E-state index in [2.05, 4.69) is 25.7 Å². The molecule has 20 heavy (non-hydrogen) atoms. The van der Waals surface area contributed by atoms with Crippen LogP contribution in [0.15, 0.2) is 24.3 Å². The Bertz CT molecular complexity index is 417. The molecule has 1 atom stereocenters. The van der Waals surface area contributed by atoms with E-state index < -0.39 is 5.97 Å². The third kappa shape index (κ3) is 5.70. The van der Waals surface area contributed by atoms with Crippen LogP contribution in [0.3, 0.4) is 0 Å². The SMILES string of the molecule is CC(C)N(CCCC(=O)O)C(C)Cc1ccc(F)cc1. The van der Waals surface area contributed by atoms with Crippen LogP contribution in [0.4, 0.5) is 4.39 Å². The number of nitrogens with zero attached hydrogens (tertiary/aromatic N) is 1. The number of hydrogen-bond acceptors (Lipinski definition) is 2. The fourth-order valence-corrected chi connectivity index (χ4v) is 2.48. The fraction of sp³-hybridized carbons (Fsp3) is 0.562. The first kappa shape index (κ1) is 16.6. The number of hydrogen-bond donors (Lipinski definition) is 1. The molecule has 0 fully saturated rings. The van der Waals surface area contributed by atoms with Gasteiger partial charge in [0.2, 0.25) is 0 Å². The topological polar surface area (TPSA) is 40.5 Å². The number of carboxylic acids is 1. The van der Waals surface area contributed by atoms with Crippen molar-refractivity contribution < 1.29 is 14.3 Å². The van der Waals surface area contributed by atoms with Gasteiger partial charge in [0.15, 0.2) is 0 Å². The van der Waals surface area contributed by atoms with Crippen molar-refractivity contribution in [1.29, 1.82) is 0 Å². The van der Waals surface area contributed by atoms with Crippen LogP contribution in [0.2, 0.25) is 0 Å². The highest BCUT2D eigenvalue weighted by Crippen LogP contribution is 2.13. The molecule has 0 aliphatic rings. The van der Waals surface area contributed by atoms with Gasteiger partial charge >= 0.3 is 5.97 Å². The molecule has 4 heteroatoms. The minimum absolute atomic E-state index is 0.201. The molecule has 0 amide bonds. The zero-order chi connectivity index (χ0) is 15.1. The van der Waals surface area contributed by atoms with Crippen molar-refractivity contribution in [3.63, 3.8) is 0 Å². The zero-order valence-electron chi connectivity index (χ0n) is 12.5. The molecule has 1 N–H and O–H groups in total. The molecule has 1 aromatic rings. The second-order valence-electron chi connectivity index (χ2n) is 5.51. The number of carbonyl (C=O) groups is 1. The lowest BCUT2D eigenvalue weighted by molar-refractivity contribution is -0.137. The Morgan fingerprint density at radius 2 is 1.85 bits per heavy atom. The summed E-state index contributed by atoms with van der Waals surface area (Å²) in [5, 5.41) is 8.71. The number of carboxylic acid groups (broad SMARTS) is 1. The van der Waals surface area contributed by atoms with Crippen LogP contribution in [-0.4, -0.2) is 34.6 Å². The molecule has 0 bridgehead atoms. The summed E-state index contributed by atoms with van der Waals surface area (Å²) in [6, 6.07) is 7.23. The van der Waals surface area contributed by atoms with Gasteiger partial charge in [0.05, 0.1) is 0 Å². The van der Waals surface area contributed by atoms with Crippen molar-refractivity contribution in [2.75, 3.05) is 6.54 Å². The van der Waals surface area contributed by atoms with E-state index in [1.807, 2.05) is 12.1 Å². The summed E-state index contributed by atoms with van der Waals surface area (Å²) < 4.78 is 12.9. The first-order valence-electron chi connectivity index (χ1n) is 7.12. The highest BCUT2D eigenvalue weighted by molar-refractivity contribution is 5.66. The fourth-order valence-electron chi connectivity index (χ4n) is 2.48. The molecule has 112 valence electrons. The Kier molecular flexibility index (Phi) is 6.65. The van der Waals surface area contributed by atoms with Crippen LogP contribution in [0.1, 0.15) is 39.2 Å². The molecule has 3 nitrogen and oxygen atoms in total. The lowest BCUT2D eigenvalue weighted by atomic mass is 10.0. The summed E-state index contributed by atoms with van der Waals surface area (Å²) in [4.78, 5) is 12.9. The maximum atomic E-state index is 12.9. The second-order valence-corrected chi connectivity index (χ2v) is 5.51. The molecule has 0 aliphatic heterocycles. The van der Waals surface area contributed by atoms with Gasteiger partial charge in [-0.15, -0.1) is 0 Å². The molecule has 0 saturated carbocycles. The van der Waals surface area contributed by atoms with Crippen LogP contribution >= 0.6 is 0 Å². The summed E-state index contributed by atoms with van der Waals surface area (Å²) in [5.41, 5.74) is 1.10. The monoisotopic (exact) mass is 281 g/mol. The number of aliphatic carboxylic acids is 1. The number of benzene rings is 1. The van der Waals surface area contributed by atoms with Crippen molar-refractivity contribution in [3.05, 3.63) is 35.6 Å². The van der Waals surface area contributed by atoms with Crippen LogP contribution in [0, 0.1) is 5.82 Å². The maximum Gasteiger partial charge on any atom is 0.303 e. The van der Waals surface area contributed by atoms with Crippen molar-refractivity contribution in [1.82, 2.24) is 4.90 Å². The summed E-state index contributed by atoms with van der Waals surface area (Å²) in [6.07, 6.45) is 1.69. The van der Waals surface area contributed by atoms with Crippen molar-refractivity contribution >= 4 is 5.97 Å². The number of rotatable bonds is 8. The lowest BCUT2D eigenvalue weighted by Crippen LogP contribution is -2.40. The quantitative estimate of drug-likeness (QED) is 0.794. The summed E-state index contributed by atoms with van der Waals surface area (Å²) in [6.45, 7) is 7.13. The minimum atomic E-state index is -0.750. The second kappa shape index (κ2) is 8.00. The first-order valence-corrected chi connectivity index (χ1v) is 7.12. The van der Waals surface area contributed by atoms with Gasteiger partial charge in [0.1, 0.15) is 5.82 Å². The van der Waals surface area contributed by atoms with E-state index in [0.717, 1.165) is 18.5 Å². The molecule has 0 aromatic heterocycles. The van der Waals surface area contributed by atoms with Gasteiger partial charge in [-0.05, 0) is 57.9 Å². The van der Waals surface area contributed by atoms with E-state index in [-0.39, 0.29) is 12.2 Å². The number of halogens is 1. The highest BCUT2D eigenvalue weighted by Gasteiger charge is 2.17. The van der Waals surface area contributed by atoms with Crippen LogP contribution in [0.5, 0.6) is 0 Å². The van der Waals surface area contributed by atoms with Gasteiger partial charge < -0.3 is 5.11 Å². The molecule has 0 aliphatic carbocycles. The minimum Gasteiger partial charge on any atom is -0.481 e. The third-order valence-corrected chi connectivity index (χ3v) is 3.48.